The number of halogens is 1. The minimum Gasteiger partial charge on any atom is -0.496 e. The molecule has 0 aromatic carbocycles. The van der Waals surface area contributed by atoms with E-state index in [1.807, 2.05) is 27.7 Å². The summed E-state index contributed by atoms with van der Waals surface area (Å²) in [7, 11) is 1.59. The van der Waals surface area contributed by atoms with Crippen LogP contribution in [0, 0.1) is 13.8 Å². The van der Waals surface area contributed by atoms with Gasteiger partial charge in [0.25, 0.3) is 11.8 Å². The Balaban J connectivity index is 1.63. The van der Waals surface area contributed by atoms with Crippen LogP contribution in [0.4, 0.5) is 11.8 Å². The smallest absolute Gasteiger partial charge is 0.260 e. The van der Waals surface area contributed by atoms with Crippen molar-refractivity contribution in [2.75, 3.05) is 30.8 Å². The maximum absolute atomic E-state index is 13.7. The standard InChI is InChI=1S/C26H31ClN8O3/c1-13(2)29-6-7-30-24(36)16-8-17(31-11-16)9-18-20-22(27)33-26(28)34-23(20)35(25(18)37)12-19-15(4)21(38-5)14(3)10-32-19/h8-11,13,29,31H,6-7,12H2,1-5H3,(H,30,36)(H2,28,33,34)/b18-9-. The summed E-state index contributed by atoms with van der Waals surface area (Å²) < 4.78 is 5.52. The highest BCUT2D eigenvalue weighted by Crippen LogP contribution is 2.41. The topological polar surface area (TPSA) is 151 Å². The molecule has 1 aliphatic rings. The van der Waals surface area contributed by atoms with Gasteiger partial charge >= 0.3 is 0 Å². The van der Waals surface area contributed by atoms with Gasteiger partial charge in [-0.2, -0.15) is 4.98 Å². The number of H-pyrrole nitrogens is 1. The van der Waals surface area contributed by atoms with Gasteiger partial charge < -0.3 is 26.1 Å². The van der Waals surface area contributed by atoms with Crippen LogP contribution in [0.3, 0.4) is 0 Å². The summed E-state index contributed by atoms with van der Waals surface area (Å²) in [6.45, 7) is 9.15. The van der Waals surface area contributed by atoms with Gasteiger partial charge in [-0.05, 0) is 26.0 Å². The van der Waals surface area contributed by atoms with Crippen LogP contribution in [0.15, 0.2) is 18.5 Å². The molecule has 0 atom stereocenters. The normalized spacial score (nSPS) is 13.9. The summed E-state index contributed by atoms with van der Waals surface area (Å²) in [6, 6.07) is 2.00. The average Bonchev–Trinajstić information content (AvgIpc) is 3.42. The Morgan fingerprint density at radius 3 is 2.76 bits per heavy atom. The summed E-state index contributed by atoms with van der Waals surface area (Å²) in [5.74, 6) is 0.379. The highest BCUT2D eigenvalue weighted by Gasteiger charge is 2.37. The van der Waals surface area contributed by atoms with Gasteiger partial charge in [0.2, 0.25) is 5.95 Å². The Bertz CT molecular complexity index is 1420. The van der Waals surface area contributed by atoms with Crippen LogP contribution in [-0.2, 0) is 11.3 Å². The second kappa shape index (κ2) is 11.2. The van der Waals surface area contributed by atoms with Crippen LogP contribution < -0.4 is 26.0 Å². The molecule has 0 saturated carbocycles. The molecule has 3 aromatic rings. The summed E-state index contributed by atoms with van der Waals surface area (Å²) in [4.78, 5) is 43.6. The largest absolute Gasteiger partial charge is 0.496 e. The number of rotatable bonds is 9. The Morgan fingerprint density at radius 1 is 1.29 bits per heavy atom. The Labute approximate surface area is 225 Å². The molecule has 12 heteroatoms. The fourth-order valence-corrected chi connectivity index (χ4v) is 4.57. The maximum Gasteiger partial charge on any atom is 0.260 e. The molecule has 200 valence electrons. The monoisotopic (exact) mass is 538 g/mol. The third-order valence-corrected chi connectivity index (χ3v) is 6.43. The molecule has 0 spiro atoms. The van der Waals surface area contributed by atoms with Gasteiger partial charge in [-0.1, -0.05) is 25.4 Å². The third-order valence-electron chi connectivity index (χ3n) is 6.15. The average molecular weight is 539 g/mol. The number of hydrogen-bond acceptors (Lipinski definition) is 8. The van der Waals surface area contributed by atoms with E-state index in [1.165, 1.54) is 4.90 Å². The van der Waals surface area contributed by atoms with E-state index in [0.717, 1.165) is 11.1 Å². The minimum atomic E-state index is -0.345. The van der Waals surface area contributed by atoms with Gasteiger partial charge in [-0.3, -0.25) is 19.5 Å². The van der Waals surface area contributed by atoms with E-state index < -0.39 is 0 Å². The predicted molar refractivity (Wildman–Crippen MR) is 147 cm³/mol. The van der Waals surface area contributed by atoms with Crippen molar-refractivity contribution in [3.63, 3.8) is 0 Å². The maximum atomic E-state index is 13.7. The number of pyridine rings is 1. The number of nitrogens with zero attached hydrogens (tertiary/aromatic N) is 4. The highest BCUT2D eigenvalue weighted by atomic mass is 35.5. The van der Waals surface area contributed by atoms with Crippen LogP contribution in [-0.4, -0.2) is 58.0 Å². The molecule has 0 bridgehead atoms. The lowest BCUT2D eigenvalue weighted by atomic mass is 10.1. The first-order chi connectivity index (χ1) is 18.1. The molecule has 0 aliphatic carbocycles. The molecular weight excluding hydrogens is 508 g/mol. The van der Waals surface area contributed by atoms with Crippen LogP contribution in [0.25, 0.3) is 11.6 Å². The van der Waals surface area contributed by atoms with Crippen molar-refractivity contribution in [1.29, 1.82) is 0 Å². The molecule has 2 amide bonds. The van der Waals surface area contributed by atoms with Gasteiger partial charge in [0.05, 0.1) is 36.0 Å². The zero-order valence-electron chi connectivity index (χ0n) is 22.0. The van der Waals surface area contributed by atoms with Crippen molar-refractivity contribution < 1.29 is 14.3 Å². The van der Waals surface area contributed by atoms with Crippen molar-refractivity contribution in [3.8, 4) is 5.75 Å². The van der Waals surface area contributed by atoms with E-state index >= 15 is 0 Å². The van der Waals surface area contributed by atoms with Crippen LogP contribution in [0.1, 0.15) is 52.3 Å². The molecule has 0 saturated heterocycles. The zero-order valence-corrected chi connectivity index (χ0v) is 22.7. The number of aromatic nitrogens is 4. The van der Waals surface area contributed by atoms with E-state index in [1.54, 1.807) is 31.6 Å². The van der Waals surface area contributed by atoms with Crippen molar-refractivity contribution >= 4 is 46.8 Å². The molecule has 4 heterocycles. The number of carbonyl (C=O) groups excluding carboxylic acids is 2. The first kappa shape index (κ1) is 27.1. The number of nitrogens with one attached hydrogen (secondary N) is 3. The number of nitrogens with two attached hydrogens (primary N) is 1. The van der Waals surface area contributed by atoms with Gasteiger partial charge in [0.1, 0.15) is 10.9 Å². The second-order valence-electron chi connectivity index (χ2n) is 9.28. The van der Waals surface area contributed by atoms with Crippen LogP contribution in [0.5, 0.6) is 5.75 Å². The number of ether oxygens (including phenoxy) is 1. The number of fused-ring (bicyclic) bond motifs is 1. The second-order valence-corrected chi connectivity index (χ2v) is 9.63. The zero-order chi connectivity index (χ0) is 27.6. The number of nitrogen functional groups attached to an aromatic ring is 1. The van der Waals surface area contributed by atoms with E-state index in [0.29, 0.717) is 53.2 Å². The van der Waals surface area contributed by atoms with Crippen LogP contribution in [0.2, 0.25) is 5.15 Å². The minimum absolute atomic E-state index is 0.0512. The fraction of sp³-hybridized carbons (Fsp3) is 0.346. The third kappa shape index (κ3) is 5.48. The number of carbonyl (C=O) groups is 2. The molecule has 0 unspecified atom stereocenters. The summed E-state index contributed by atoms with van der Waals surface area (Å²) in [5.41, 5.74) is 9.85. The number of aryl methyl sites for hydroxylation is 1. The molecular formula is C26H31ClN8O3. The van der Waals surface area contributed by atoms with Crippen molar-refractivity contribution in [3.05, 3.63) is 57.3 Å². The Kier molecular flexibility index (Phi) is 7.98. The lowest BCUT2D eigenvalue weighted by Gasteiger charge is -2.19. The van der Waals surface area contributed by atoms with E-state index in [9.17, 15) is 9.59 Å². The first-order valence-electron chi connectivity index (χ1n) is 12.2. The Morgan fingerprint density at radius 2 is 2.05 bits per heavy atom. The quantitative estimate of drug-likeness (QED) is 0.184. The molecule has 0 radical (unpaired) electrons. The molecule has 1 aliphatic heterocycles. The number of hydrogen-bond donors (Lipinski definition) is 4. The molecule has 0 fully saturated rings. The van der Waals surface area contributed by atoms with Crippen molar-refractivity contribution in [2.45, 2.75) is 40.3 Å². The van der Waals surface area contributed by atoms with Crippen LogP contribution >= 0.6 is 11.6 Å². The Hall–Kier alpha value is -3.96. The number of aromatic amines is 1. The van der Waals surface area contributed by atoms with E-state index in [4.69, 9.17) is 22.1 Å². The number of amides is 2. The lowest BCUT2D eigenvalue weighted by molar-refractivity contribution is -0.113. The lowest BCUT2D eigenvalue weighted by Crippen LogP contribution is -2.34. The van der Waals surface area contributed by atoms with E-state index in [-0.39, 0.29) is 35.0 Å². The van der Waals surface area contributed by atoms with Gasteiger partial charge in [0, 0.05) is 48.3 Å². The molecule has 4 rings (SSSR count). The van der Waals surface area contributed by atoms with Gasteiger partial charge in [-0.25, -0.2) is 4.98 Å². The summed E-state index contributed by atoms with van der Waals surface area (Å²) in [6.07, 6.45) is 4.91. The first-order valence-corrected chi connectivity index (χ1v) is 12.5. The van der Waals surface area contributed by atoms with Gasteiger partial charge in [-0.15, -0.1) is 0 Å². The molecule has 38 heavy (non-hydrogen) atoms. The van der Waals surface area contributed by atoms with Crippen molar-refractivity contribution in [1.82, 2.24) is 30.6 Å². The van der Waals surface area contributed by atoms with Crippen molar-refractivity contribution in [2.24, 2.45) is 0 Å². The molecule has 5 N–H and O–H groups in total. The molecule has 11 nitrogen and oxygen atoms in total. The summed E-state index contributed by atoms with van der Waals surface area (Å²) >= 11 is 6.45. The molecule has 3 aromatic heterocycles. The van der Waals surface area contributed by atoms with E-state index in [2.05, 4.69) is 30.6 Å². The summed E-state index contributed by atoms with van der Waals surface area (Å²) in [5, 5.41) is 6.17. The fourth-order valence-electron chi connectivity index (χ4n) is 4.30. The predicted octanol–water partition coefficient (Wildman–Crippen LogP) is 2.88. The number of methoxy groups -OCH3 is 1. The number of anilines is 2. The SMILES string of the molecule is COc1c(C)cnc(CN2C(=O)/C(=C\c3cc(C(=O)NCCNC(C)C)c[nH]3)c3c(Cl)nc(N)nc32)c1C. The van der Waals surface area contributed by atoms with Gasteiger partial charge in [0.15, 0.2) is 5.82 Å². The highest BCUT2D eigenvalue weighted by molar-refractivity contribution is 6.41.